The molecule has 1 amide bonds. The summed E-state index contributed by atoms with van der Waals surface area (Å²) in [6.07, 6.45) is 2.21. The second-order valence-corrected chi connectivity index (χ2v) is 4.81. The summed E-state index contributed by atoms with van der Waals surface area (Å²) in [6, 6.07) is 0.245. The lowest BCUT2D eigenvalue weighted by molar-refractivity contribution is -0.0982. The minimum atomic E-state index is -0.165. The molecule has 0 saturated carbocycles. The second-order valence-electron chi connectivity index (χ2n) is 4.81. The van der Waals surface area contributed by atoms with Crippen LogP contribution in [0.25, 0.3) is 0 Å². The smallest absolute Gasteiger partial charge is 0.410 e. The van der Waals surface area contributed by atoms with Crippen LogP contribution in [0.4, 0.5) is 4.79 Å². The first-order chi connectivity index (χ1) is 7.16. The Morgan fingerprint density at radius 1 is 1.53 bits per heavy atom. The van der Waals surface area contributed by atoms with Gasteiger partial charge in [-0.05, 0) is 18.8 Å². The maximum absolute atomic E-state index is 11.7. The van der Waals surface area contributed by atoms with E-state index in [1.165, 1.54) is 0 Å². The van der Waals surface area contributed by atoms with Crippen LogP contribution in [0.1, 0.15) is 26.7 Å². The molecule has 86 valence electrons. The Balaban J connectivity index is 1.85. The fourth-order valence-corrected chi connectivity index (χ4v) is 2.09. The minimum absolute atomic E-state index is 0.165. The third kappa shape index (κ3) is 2.43. The van der Waals surface area contributed by atoms with E-state index >= 15 is 0 Å². The van der Waals surface area contributed by atoms with Gasteiger partial charge in [-0.15, -0.1) is 0 Å². The monoisotopic (exact) mass is 213 g/mol. The standard InChI is InChI=1S/C11H19NO3/c1-8(2)6-15-11(13)12-5-10-4-3-9(12)7-14-10/h8-10H,3-7H2,1-2H3. The topological polar surface area (TPSA) is 38.8 Å². The molecule has 15 heavy (non-hydrogen) atoms. The molecular weight excluding hydrogens is 194 g/mol. The molecule has 2 unspecified atom stereocenters. The van der Waals surface area contributed by atoms with Gasteiger partial charge in [0.15, 0.2) is 0 Å². The van der Waals surface area contributed by atoms with E-state index in [4.69, 9.17) is 9.47 Å². The molecule has 2 atom stereocenters. The molecule has 0 aromatic rings. The van der Waals surface area contributed by atoms with Crippen molar-refractivity contribution in [2.24, 2.45) is 5.92 Å². The zero-order chi connectivity index (χ0) is 10.8. The van der Waals surface area contributed by atoms with E-state index < -0.39 is 0 Å². The summed E-state index contributed by atoms with van der Waals surface area (Å²) < 4.78 is 10.8. The highest BCUT2D eigenvalue weighted by atomic mass is 16.6. The van der Waals surface area contributed by atoms with Crippen LogP contribution in [0.3, 0.4) is 0 Å². The molecule has 0 aromatic heterocycles. The second kappa shape index (κ2) is 4.39. The Bertz CT molecular complexity index is 234. The third-order valence-electron chi connectivity index (χ3n) is 2.96. The van der Waals surface area contributed by atoms with Gasteiger partial charge in [0.2, 0.25) is 0 Å². The summed E-state index contributed by atoms with van der Waals surface area (Å²) in [5.74, 6) is 0.396. The van der Waals surface area contributed by atoms with Gasteiger partial charge in [-0.2, -0.15) is 0 Å². The van der Waals surface area contributed by atoms with E-state index in [1.54, 1.807) is 0 Å². The van der Waals surface area contributed by atoms with Crippen molar-refractivity contribution in [2.45, 2.75) is 38.8 Å². The normalized spacial score (nSPS) is 29.7. The first-order valence-corrected chi connectivity index (χ1v) is 5.72. The Morgan fingerprint density at radius 2 is 2.33 bits per heavy atom. The first kappa shape index (κ1) is 10.7. The lowest BCUT2D eigenvalue weighted by atomic mass is 9.98. The van der Waals surface area contributed by atoms with Gasteiger partial charge in [-0.25, -0.2) is 4.79 Å². The Hall–Kier alpha value is -0.770. The van der Waals surface area contributed by atoms with Crippen LogP contribution in [0, 0.1) is 5.92 Å². The number of rotatable bonds is 2. The van der Waals surface area contributed by atoms with Crippen molar-refractivity contribution in [3.05, 3.63) is 0 Å². The van der Waals surface area contributed by atoms with Crippen molar-refractivity contribution in [3.63, 3.8) is 0 Å². The van der Waals surface area contributed by atoms with Gasteiger partial charge in [-0.3, -0.25) is 0 Å². The van der Waals surface area contributed by atoms with Crippen LogP contribution in [0.15, 0.2) is 0 Å². The number of amides is 1. The number of morpholine rings is 1. The fourth-order valence-electron chi connectivity index (χ4n) is 2.09. The quantitative estimate of drug-likeness (QED) is 0.700. The molecule has 3 aliphatic heterocycles. The van der Waals surface area contributed by atoms with Crippen LogP contribution in [-0.4, -0.2) is 42.9 Å². The van der Waals surface area contributed by atoms with Crippen molar-refractivity contribution >= 4 is 6.09 Å². The van der Waals surface area contributed by atoms with Gasteiger partial charge in [0.05, 0.1) is 31.9 Å². The van der Waals surface area contributed by atoms with E-state index in [2.05, 4.69) is 0 Å². The van der Waals surface area contributed by atoms with Crippen molar-refractivity contribution in [1.29, 1.82) is 0 Å². The van der Waals surface area contributed by atoms with Crippen LogP contribution in [-0.2, 0) is 9.47 Å². The lowest BCUT2D eigenvalue weighted by Gasteiger charge is -2.44. The van der Waals surface area contributed by atoms with Gasteiger partial charge in [0.1, 0.15) is 0 Å². The molecule has 0 aromatic carbocycles. The molecule has 3 fully saturated rings. The highest BCUT2D eigenvalue weighted by Gasteiger charge is 2.37. The van der Waals surface area contributed by atoms with Crippen molar-refractivity contribution in [3.8, 4) is 0 Å². The van der Waals surface area contributed by atoms with Gasteiger partial charge in [0.25, 0.3) is 0 Å². The molecule has 0 N–H and O–H groups in total. The number of carbonyl (C=O) groups excluding carboxylic acids is 1. The maximum atomic E-state index is 11.7. The average Bonchev–Trinajstić information content (AvgIpc) is 2.27. The van der Waals surface area contributed by atoms with Gasteiger partial charge in [-0.1, -0.05) is 13.8 Å². The summed E-state index contributed by atoms with van der Waals surface area (Å²) >= 11 is 0. The van der Waals surface area contributed by atoms with Gasteiger partial charge >= 0.3 is 6.09 Å². The fraction of sp³-hybridized carbons (Fsp3) is 0.909. The van der Waals surface area contributed by atoms with E-state index in [1.807, 2.05) is 18.7 Å². The van der Waals surface area contributed by atoms with E-state index in [9.17, 15) is 4.79 Å². The molecule has 4 heteroatoms. The number of carbonyl (C=O) groups is 1. The van der Waals surface area contributed by atoms with Crippen LogP contribution in [0.5, 0.6) is 0 Å². The Morgan fingerprint density at radius 3 is 2.80 bits per heavy atom. The summed E-state index contributed by atoms with van der Waals surface area (Å²) in [4.78, 5) is 13.6. The highest BCUT2D eigenvalue weighted by Crippen LogP contribution is 2.26. The predicted octanol–water partition coefficient (Wildman–Crippen LogP) is 1.64. The molecule has 3 saturated heterocycles. The number of fused-ring (bicyclic) bond motifs is 3. The SMILES string of the molecule is CC(C)COC(=O)N1CC2CCC1CO2. The number of ether oxygens (including phenoxy) is 2. The number of hydrogen-bond acceptors (Lipinski definition) is 3. The predicted molar refractivity (Wildman–Crippen MR) is 55.7 cm³/mol. The maximum Gasteiger partial charge on any atom is 0.410 e. The van der Waals surface area contributed by atoms with Crippen molar-refractivity contribution in [2.75, 3.05) is 19.8 Å². The largest absolute Gasteiger partial charge is 0.449 e. The zero-order valence-electron chi connectivity index (χ0n) is 9.44. The molecule has 0 radical (unpaired) electrons. The number of nitrogens with zero attached hydrogens (tertiary/aromatic N) is 1. The number of piperidine rings is 1. The molecular formula is C11H19NO3. The van der Waals surface area contributed by atoms with Gasteiger partial charge < -0.3 is 14.4 Å². The van der Waals surface area contributed by atoms with Crippen molar-refractivity contribution in [1.82, 2.24) is 4.90 Å². The highest BCUT2D eigenvalue weighted by molar-refractivity contribution is 5.68. The summed E-state index contributed by atoms with van der Waals surface area (Å²) in [7, 11) is 0. The van der Waals surface area contributed by atoms with Crippen LogP contribution < -0.4 is 0 Å². The molecule has 3 heterocycles. The van der Waals surface area contributed by atoms with Gasteiger partial charge in [0, 0.05) is 0 Å². The molecule has 4 nitrogen and oxygen atoms in total. The average molecular weight is 213 g/mol. The molecule has 0 spiro atoms. The van der Waals surface area contributed by atoms with E-state index in [-0.39, 0.29) is 18.2 Å². The summed E-state index contributed by atoms with van der Waals surface area (Å²) in [6.45, 7) is 5.98. The summed E-state index contributed by atoms with van der Waals surface area (Å²) in [5, 5.41) is 0. The molecule has 2 bridgehead atoms. The Labute approximate surface area is 90.5 Å². The van der Waals surface area contributed by atoms with E-state index in [0.29, 0.717) is 25.7 Å². The lowest BCUT2D eigenvalue weighted by Crippen LogP contribution is -2.56. The Kier molecular flexibility index (Phi) is 3.14. The molecule has 3 rings (SSSR count). The van der Waals surface area contributed by atoms with Crippen molar-refractivity contribution < 1.29 is 14.3 Å². The molecule has 0 aliphatic carbocycles. The van der Waals surface area contributed by atoms with Crippen LogP contribution >= 0.6 is 0 Å². The minimum Gasteiger partial charge on any atom is -0.449 e. The number of hydrogen-bond donors (Lipinski definition) is 0. The molecule has 3 aliphatic rings. The third-order valence-corrected chi connectivity index (χ3v) is 2.96. The summed E-state index contributed by atoms with van der Waals surface area (Å²) in [5.41, 5.74) is 0. The van der Waals surface area contributed by atoms with Crippen LogP contribution in [0.2, 0.25) is 0 Å². The zero-order valence-corrected chi connectivity index (χ0v) is 9.44. The first-order valence-electron chi connectivity index (χ1n) is 5.72. The van der Waals surface area contributed by atoms with E-state index in [0.717, 1.165) is 12.8 Å².